The Hall–Kier alpha value is -2.57. The zero-order chi connectivity index (χ0) is 18.9. The molecule has 0 bridgehead atoms. The van der Waals surface area contributed by atoms with Crippen LogP contribution in [0.1, 0.15) is 42.5 Å². The Kier molecular flexibility index (Phi) is 4.89. The first kappa shape index (κ1) is 18.2. The summed E-state index contributed by atoms with van der Waals surface area (Å²) in [6.45, 7) is -0.285. The average molecular weight is 360 g/mol. The highest BCUT2D eigenvalue weighted by Gasteiger charge is 2.55. The van der Waals surface area contributed by atoms with E-state index in [-0.39, 0.29) is 18.2 Å². The molecule has 1 saturated carbocycles. The number of methoxy groups -OCH3 is 2. The fourth-order valence-corrected chi connectivity index (χ4v) is 3.93. The third kappa shape index (κ3) is 2.81. The van der Waals surface area contributed by atoms with Crippen LogP contribution in [0.3, 0.4) is 0 Å². The Morgan fingerprint density at radius 2 is 1.81 bits per heavy atom. The Labute approximate surface area is 152 Å². The van der Waals surface area contributed by atoms with Crippen molar-refractivity contribution in [3.05, 3.63) is 23.8 Å². The Bertz CT molecular complexity index is 739. The fraction of sp³-hybridized carbons (Fsp3) is 0.526. The molecule has 7 heteroatoms. The van der Waals surface area contributed by atoms with Crippen molar-refractivity contribution in [3.8, 4) is 11.5 Å². The molecule has 1 aliphatic carbocycles. The van der Waals surface area contributed by atoms with Gasteiger partial charge in [0.15, 0.2) is 5.78 Å². The number of carbonyl (C=O) groups is 3. The maximum Gasteiger partial charge on any atom is 0.327 e. The second kappa shape index (κ2) is 6.97. The maximum atomic E-state index is 13.0. The summed E-state index contributed by atoms with van der Waals surface area (Å²) in [5.41, 5.74) is -0.458. The number of ketones is 1. The molecule has 0 unspecified atom stereocenters. The van der Waals surface area contributed by atoms with Gasteiger partial charge in [-0.15, -0.1) is 0 Å². The minimum atomic E-state index is -0.778. The van der Waals surface area contributed by atoms with Crippen LogP contribution in [-0.2, 0) is 4.79 Å². The zero-order valence-electron chi connectivity index (χ0n) is 15.4. The molecule has 7 nitrogen and oxygen atoms in total. The maximum absolute atomic E-state index is 13.0. The summed E-state index contributed by atoms with van der Waals surface area (Å²) in [5.74, 6) is 0.319. The van der Waals surface area contributed by atoms with Crippen LogP contribution < -0.4 is 9.47 Å². The molecule has 0 N–H and O–H groups in total. The van der Waals surface area contributed by atoms with Crippen LogP contribution in [0.15, 0.2) is 18.2 Å². The van der Waals surface area contributed by atoms with Crippen molar-refractivity contribution in [1.82, 2.24) is 9.80 Å². The largest absolute Gasteiger partial charge is 0.497 e. The molecule has 1 aromatic carbocycles. The lowest BCUT2D eigenvalue weighted by Gasteiger charge is -2.35. The third-order valence-corrected chi connectivity index (χ3v) is 5.49. The highest BCUT2D eigenvalue weighted by molar-refractivity contribution is 6.11. The SMILES string of the molecule is COc1ccc(C(=O)CN2C(=O)N(C)C3(CCCCC3)C2=O)c(OC)c1. The van der Waals surface area contributed by atoms with Gasteiger partial charge in [-0.05, 0) is 25.0 Å². The number of benzene rings is 1. The number of Topliss-reactive ketones (excluding diaryl/α,β-unsaturated/α-hetero) is 1. The van der Waals surface area contributed by atoms with Gasteiger partial charge in [-0.25, -0.2) is 4.79 Å². The number of urea groups is 1. The topological polar surface area (TPSA) is 76.2 Å². The van der Waals surface area contributed by atoms with Crippen molar-refractivity contribution in [2.24, 2.45) is 0 Å². The van der Waals surface area contributed by atoms with Gasteiger partial charge in [0.1, 0.15) is 17.0 Å². The molecule has 1 aliphatic heterocycles. The fourth-order valence-electron chi connectivity index (χ4n) is 3.93. The summed E-state index contributed by atoms with van der Waals surface area (Å²) in [5, 5.41) is 0. The van der Waals surface area contributed by atoms with E-state index in [1.165, 1.54) is 19.1 Å². The van der Waals surface area contributed by atoms with Gasteiger partial charge >= 0.3 is 6.03 Å². The standard InChI is InChI=1S/C19H24N2O5/c1-20-18(24)21(17(23)19(20)9-5-4-6-10-19)12-15(22)14-8-7-13(25-2)11-16(14)26-3/h7-8,11H,4-6,9-10,12H2,1-3H3. The van der Waals surface area contributed by atoms with Crippen LogP contribution in [-0.4, -0.2) is 60.9 Å². The first-order valence-electron chi connectivity index (χ1n) is 8.79. The van der Waals surface area contributed by atoms with Crippen LogP contribution in [0.25, 0.3) is 0 Å². The average Bonchev–Trinajstić information content (AvgIpc) is 2.84. The van der Waals surface area contributed by atoms with Crippen LogP contribution in [0.4, 0.5) is 4.79 Å². The molecular weight excluding hydrogens is 336 g/mol. The molecule has 1 heterocycles. The first-order valence-corrected chi connectivity index (χ1v) is 8.79. The van der Waals surface area contributed by atoms with Gasteiger partial charge in [0.2, 0.25) is 0 Å². The van der Waals surface area contributed by atoms with E-state index < -0.39 is 11.6 Å². The number of hydrogen-bond acceptors (Lipinski definition) is 5. The van der Waals surface area contributed by atoms with E-state index in [2.05, 4.69) is 0 Å². The normalized spacial score (nSPS) is 19.2. The molecule has 1 spiro atoms. The van der Waals surface area contributed by atoms with Crippen LogP contribution in [0.5, 0.6) is 11.5 Å². The van der Waals surface area contributed by atoms with E-state index in [1.54, 1.807) is 25.2 Å². The number of ether oxygens (including phenoxy) is 2. The predicted molar refractivity (Wildman–Crippen MR) is 94.6 cm³/mol. The van der Waals surface area contributed by atoms with Crippen molar-refractivity contribution < 1.29 is 23.9 Å². The number of rotatable bonds is 5. The molecule has 140 valence electrons. The molecule has 3 amide bonds. The van der Waals surface area contributed by atoms with E-state index in [4.69, 9.17) is 9.47 Å². The Morgan fingerprint density at radius 1 is 1.12 bits per heavy atom. The van der Waals surface area contributed by atoms with Crippen LogP contribution >= 0.6 is 0 Å². The number of imide groups is 1. The van der Waals surface area contributed by atoms with Gasteiger partial charge in [0.25, 0.3) is 5.91 Å². The molecular formula is C19H24N2O5. The summed E-state index contributed by atoms with van der Waals surface area (Å²) < 4.78 is 10.4. The number of amides is 3. The van der Waals surface area contributed by atoms with Gasteiger partial charge in [-0.1, -0.05) is 19.3 Å². The van der Waals surface area contributed by atoms with E-state index in [0.29, 0.717) is 29.9 Å². The number of hydrogen-bond donors (Lipinski definition) is 0. The minimum Gasteiger partial charge on any atom is -0.497 e. The molecule has 0 atom stereocenters. The van der Waals surface area contributed by atoms with Gasteiger partial charge in [0, 0.05) is 13.1 Å². The second-order valence-corrected chi connectivity index (χ2v) is 6.81. The summed E-state index contributed by atoms with van der Waals surface area (Å²) in [6.07, 6.45) is 4.21. The van der Waals surface area contributed by atoms with Crippen molar-refractivity contribution in [1.29, 1.82) is 0 Å². The molecule has 1 aromatic rings. The summed E-state index contributed by atoms with van der Waals surface area (Å²) in [4.78, 5) is 41.0. The zero-order valence-corrected chi connectivity index (χ0v) is 15.4. The smallest absolute Gasteiger partial charge is 0.327 e. The Morgan fingerprint density at radius 3 is 2.42 bits per heavy atom. The second-order valence-electron chi connectivity index (χ2n) is 6.81. The quantitative estimate of drug-likeness (QED) is 0.596. The molecule has 1 saturated heterocycles. The van der Waals surface area contributed by atoms with Gasteiger partial charge in [-0.3, -0.25) is 14.5 Å². The number of nitrogens with zero attached hydrogens (tertiary/aromatic N) is 2. The van der Waals surface area contributed by atoms with Crippen LogP contribution in [0, 0.1) is 0 Å². The Balaban J connectivity index is 1.83. The van der Waals surface area contributed by atoms with Crippen molar-refractivity contribution in [2.75, 3.05) is 27.8 Å². The van der Waals surface area contributed by atoms with Gasteiger partial charge < -0.3 is 14.4 Å². The molecule has 26 heavy (non-hydrogen) atoms. The minimum absolute atomic E-state index is 0.259. The summed E-state index contributed by atoms with van der Waals surface area (Å²) in [6, 6.07) is 4.44. The van der Waals surface area contributed by atoms with Crippen molar-refractivity contribution in [3.63, 3.8) is 0 Å². The van der Waals surface area contributed by atoms with Gasteiger partial charge in [-0.2, -0.15) is 0 Å². The lowest BCUT2D eigenvalue weighted by molar-refractivity contribution is -0.134. The third-order valence-electron chi connectivity index (χ3n) is 5.49. The number of likely N-dealkylation sites (N-methyl/N-ethyl adjacent to an activating group) is 1. The monoisotopic (exact) mass is 360 g/mol. The lowest BCUT2D eigenvalue weighted by Crippen LogP contribution is -2.49. The molecule has 2 fully saturated rings. The summed E-state index contributed by atoms with van der Waals surface area (Å²) >= 11 is 0. The summed E-state index contributed by atoms with van der Waals surface area (Å²) in [7, 11) is 4.64. The molecule has 0 aromatic heterocycles. The molecule has 3 rings (SSSR count). The van der Waals surface area contributed by atoms with E-state index in [9.17, 15) is 14.4 Å². The molecule has 2 aliphatic rings. The lowest BCUT2D eigenvalue weighted by atomic mass is 9.80. The van der Waals surface area contributed by atoms with E-state index in [0.717, 1.165) is 24.2 Å². The highest BCUT2D eigenvalue weighted by Crippen LogP contribution is 2.39. The number of carbonyl (C=O) groups excluding carboxylic acids is 3. The van der Waals surface area contributed by atoms with Crippen molar-refractivity contribution in [2.45, 2.75) is 37.6 Å². The van der Waals surface area contributed by atoms with Crippen molar-refractivity contribution >= 4 is 17.7 Å². The van der Waals surface area contributed by atoms with E-state index in [1.807, 2.05) is 0 Å². The molecule has 0 radical (unpaired) electrons. The van der Waals surface area contributed by atoms with Crippen LogP contribution in [0.2, 0.25) is 0 Å². The highest BCUT2D eigenvalue weighted by atomic mass is 16.5. The first-order chi connectivity index (χ1) is 12.4. The van der Waals surface area contributed by atoms with E-state index >= 15 is 0 Å². The van der Waals surface area contributed by atoms with Gasteiger partial charge in [0.05, 0.1) is 26.3 Å². The predicted octanol–water partition coefficient (Wildman–Crippen LogP) is 2.48.